The molecule has 0 saturated carbocycles. The van der Waals surface area contributed by atoms with Crippen LogP contribution in [-0.2, 0) is 21.4 Å². The number of amides is 2. The largest absolute Gasteiger partial charge is 0.481 e. The second-order valence-corrected chi connectivity index (χ2v) is 7.14. The molecule has 2 aromatic rings. The van der Waals surface area contributed by atoms with Crippen molar-refractivity contribution in [3.05, 3.63) is 34.2 Å². The molecule has 1 fully saturated rings. The molecule has 0 spiro atoms. The van der Waals surface area contributed by atoms with Gasteiger partial charge in [0.1, 0.15) is 6.04 Å². The third-order valence-electron chi connectivity index (χ3n) is 5.04. The van der Waals surface area contributed by atoms with E-state index in [0.29, 0.717) is 30.3 Å². The molecule has 0 aliphatic carbocycles. The normalized spacial score (nSPS) is 15.5. The Labute approximate surface area is 181 Å². The van der Waals surface area contributed by atoms with Gasteiger partial charge in [0.2, 0.25) is 11.8 Å². The highest BCUT2D eigenvalue weighted by atomic mass is 16.4. The SMILES string of the molecule is CC.Cn1c(=O)n(C2CCC(=O)NC2=O)c2ccc(C#CCCCCCC(=O)O)cc21. The molecule has 0 radical (unpaired) electrons. The lowest BCUT2D eigenvalue weighted by atomic mass is 10.1. The van der Waals surface area contributed by atoms with Gasteiger partial charge in [0, 0.05) is 31.9 Å². The fraction of sp³-hybridized carbons (Fsp3) is 0.478. The Hall–Kier alpha value is -3.34. The third kappa shape index (κ3) is 5.85. The van der Waals surface area contributed by atoms with Crippen molar-refractivity contribution in [2.45, 2.75) is 64.8 Å². The molecular formula is C23H29N3O5. The van der Waals surface area contributed by atoms with Gasteiger partial charge in [0.05, 0.1) is 11.0 Å². The third-order valence-corrected chi connectivity index (χ3v) is 5.04. The molecule has 2 heterocycles. The van der Waals surface area contributed by atoms with Crippen molar-refractivity contribution in [2.75, 3.05) is 0 Å². The summed E-state index contributed by atoms with van der Waals surface area (Å²) >= 11 is 0. The number of aryl methyl sites for hydroxylation is 1. The van der Waals surface area contributed by atoms with E-state index < -0.39 is 17.9 Å². The van der Waals surface area contributed by atoms with Gasteiger partial charge in [-0.2, -0.15) is 0 Å². The lowest BCUT2D eigenvalue weighted by Crippen LogP contribution is -2.44. The number of hydrogen-bond acceptors (Lipinski definition) is 4. The number of unbranched alkanes of at least 4 members (excludes halogenated alkanes) is 3. The van der Waals surface area contributed by atoms with E-state index in [1.54, 1.807) is 13.1 Å². The molecular weight excluding hydrogens is 398 g/mol. The fourth-order valence-corrected chi connectivity index (χ4v) is 3.50. The minimum absolute atomic E-state index is 0.183. The van der Waals surface area contributed by atoms with Crippen molar-refractivity contribution < 1.29 is 19.5 Å². The van der Waals surface area contributed by atoms with Crippen molar-refractivity contribution in [3.63, 3.8) is 0 Å². The number of aliphatic carboxylic acids is 1. The van der Waals surface area contributed by atoms with E-state index in [1.807, 2.05) is 26.0 Å². The number of benzene rings is 1. The average Bonchev–Trinajstić information content (AvgIpc) is 2.99. The van der Waals surface area contributed by atoms with Gasteiger partial charge in [-0.3, -0.25) is 28.8 Å². The number of carbonyl (C=O) groups is 3. The molecule has 0 bridgehead atoms. The van der Waals surface area contributed by atoms with Crippen molar-refractivity contribution in [1.29, 1.82) is 0 Å². The predicted molar refractivity (Wildman–Crippen MR) is 118 cm³/mol. The van der Waals surface area contributed by atoms with Crippen LogP contribution in [0.2, 0.25) is 0 Å². The molecule has 8 heteroatoms. The molecule has 1 unspecified atom stereocenters. The van der Waals surface area contributed by atoms with E-state index in [0.717, 1.165) is 18.4 Å². The topological polar surface area (TPSA) is 110 Å². The highest BCUT2D eigenvalue weighted by molar-refractivity contribution is 6.00. The summed E-state index contributed by atoms with van der Waals surface area (Å²) in [6.07, 6.45) is 3.67. The Kier molecular flexibility index (Phi) is 8.62. The second-order valence-electron chi connectivity index (χ2n) is 7.14. The summed E-state index contributed by atoms with van der Waals surface area (Å²) in [5.74, 6) is 4.60. The first-order chi connectivity index (χ1) is 14.9. The molecule has 166 valence electrons. The van der Waals surface area contributed by atoms with Crippen LogP contribution in [0, 0.1) is 11.8 Å². The Morgan fingerprint density at radius 3 is 2.58 bits per heavy atom. The van der Waals surface area contributed by atoms with Gasteiger partial charge in [-0.05, 0) is 37.5 Å². The van der Waals surface area contributed by atoms with E-state index in [-0.39, 0.29) is 24.4 Å². The van der Waals surface area contributed by atoms with Crippen LogP contribution in [0.15, 0.2) is 23.0 Å². The summed E-state index contributed by atoms with van der Waals surface area (Å²) in [4.78, 5) is 46.8. The standard InChI is InChI=1S/C21H23N3O5.C2H6/c1-23-17-13-14(7-5-3-2-4-6-8-19(26)27)9-10-15(17)24(21(23)29)16-11-12-18(25)22-20(16)28;1-2/h9-10,13,16H,2-4,6,8,11-12H2,1H3,(H,26,27)(H,22,25,28);1-2H3. The molecule has 1 aliphatic rings. The lowest BCUT2D eigenvalue weighted by Gasteiger charge is -2.21. The number of imidazole rings is 1. The van der Waals surface area contributed by atoms with Crippen LogP contribution in [-0.4, -0.2) is 32.0 Å². The van der Waals surface area contributed by atoms with Crippen LogP contribution in [0.1, 0.15) is 70.4 Å². The van der Waals surface area contributed by atoms with E-state index in [1.165, 1.54) is 9.13 Å². The molecule has 3 rings (SSSR count). The van der Waals surface area contributed by atoms with Gasteiger partial charge in [-0.15, -0.1) is 0 Å². The molecule has 31 heavy (non-hydrogen) atoms. The minimum atomic E-state index is -0.778. The maximum absolute atomic E-state index is 12.7. The van der Waals surface area contributed by atoms with Crippen molar-refractivity contribution in [2.24, 2.45) is 7.05 Å². The Morgan fingerprint density at radius 1 is 1.16 bits per heavy atom. The number of imide groups is 1. The van der Waals surface area contributed by atoms with Crippen molar-refractivity contribution in [1.82, 2.24) is 14.5 Å². The molecule has 1 atom stereocenters. The number of aromatic nitrogens is 2. The Bertz CT molecular complexity index is 1080. The predicted octanol–water partition coefficient (Wildman–Crippen LogP) is 2.73. The van der Waals surface area contributed by atoms with Crippen LogP contribution in [0.3, 0.4) is 0 Å². The van der Waals surface area contributed by atoms with Gasteiger partial charge in [-0.1, -0.05) is 32.1 Å². The Morgan fingerprint density at radius 2 is 1.90 bits per heavy atom. The van der Waals surface area contributed by atoms with E-state index in [4.69, 9.17) is 5.11 Å². The number of nitrogens with zero attached hydrogens (tertiary/aromatic N) is 2. The van der Waals surface area contributed by atoms with E-state index >= 15 is 0 Å². The maximum atomic E-state index is 12.7. The number of nitrogens with one attached hydrogen (secondary N) is 1. The van der Waals surface area contributed by atoms with Gasteiger partial charge in [-0.25, -0.2) is 4.79 Å². The zero-order valence-corrected chi connectivity index (χ0v) is 18.2. The maximum Gasteiger partial charge on any atom is 0.329 e. The number of hydrogen-bond donors (Lipinski definition) is 2. The number of piperidine rings is 1. The van der Waals surface area contributed by atoms with Crippen LogP contribution < -0.4 is 11.0 Å². The summed E-state index contributed by atoms with van der Waals surface area (Å²) in [5, 5.41) is 10.9. The van der Waals surface area contributed by atoms with Gasteiger partial charge in [0.15, 0.2) is 0 Å². The van der Waals surface area contributed by atoms with Crippen LogP contribution in [0.25, 0.3) is 11.0 Å². The van der Waals surface area contributed by atoms with E-state index in [9.17, 15) is 19.2 Å². The fourth-order valence-electron chi connectivity index (χ4n) is 3.50. The zero-order valence-electron chi connectivity index (χ0n) is 18.2. The summed E-state index contributed by atoms with van der Waals surface area (Å²) in [5.41, 5.74) is 1.76. The van der Waals surface area contributed by atoms with Crippen LogP contribution in [0.5, 0.6) is 0 Å². The highest BCUT2D eigenvalue weighted by Crippen LogP contribution is 2.23. The number of rotatable bonds is 6. The molecule has 2 amide bonds. The lowest BCUT2D eigenvalue weighted by molar-refractivity contribution is -0.137. The zero-order chi connectivity index (χ0) is 23.0. The monoisotopic (exact) mass is 427 g/mol. The summed E-state index contributed by atoms with van der Waals surface area (Å²) in [6, 6.07) is 4.70. The molecule has 1 saturated heterocycles. The summed E-state index contributed by atoms with van der Waals surface area (Å²) in [7, 11) is 1.65. The molecule has 1 aromatic heterocycles. The first-order valence-electron chi connectivity index (χ1n) is 10.6. The summed E-state index contributed by atoms with van der Waals surface area (Å²) in [6.45, 7) is 4.00. The van der Waals surface area contributed by atoms with Gasteiger partial charge < -0.3 is 5.11 Å². The van der Waals surface area contributed by atoms with Crippen LogP contribution in [0.4, 0.5) is 0 Å². The smallest absolute Gasteiger partial charge is 0.329 e. The van der Waals surface area contributed by atoms with Crippen LogP contribution >= 0.6 is 0 Å². The number of carboxylic acid groups (broad SMARTS) is 1. The first kappa shape index (κ1) is 23.9. The quantitative estimate of drug-likeness (QED) is 0.418. The van der Waals surface area contributed by atoms with Gasteiger partial charge in [0.25, 0.3) is 0 Å². The van der Waals surface area contributed by atoms with E-state index in [2.05, 4.69) is 17.2 Å². The first-order valence-corrected chi connectivity index (χ1v) is 10.6. The summed E-state index contributed by atoms with van der Waals surface area (Å²) < 4.78 is 2.92. The van der Waals surface area contributed by atoms with Gasteiger partial charge >= 0.3 is 11.7 Å². The molecule has 2 N–H and O–H groups in total. The molecule has 1 aromatic carbocycles. The minimum Gasteiger partial charge on any atom is -0.481 e. The average molecular weight is 428 g/mol. The molecule has 8 nitrogen and oxygen atoms in total. The number of carboxylic acids is 1. The number of carbonyl (C=O) groups excluding carboxylic acids is 2. The second kappa shape index (κ2) is 11.2. The number of fused-ring (bicyclic) bond motifs is 1. The molecule has 1 aliphatic heterocycles. The van der Waals surface area contributed by atoms with Crippen molar-refractivity contribution in [3.8, 4) is 11.8 Å². The Balaban J connectivity index is 0.00000166. The highest BCUT2D eigenvalue weighted by Gasteiger charge is 2.31. The van der Waals surface area contributed by atoms with Crippen molar-refractivity contribution >= 4 is 28.8 Å².